The van der Waals surface area contributed by atoms with Gasteiger partial charge in [-0.2, -0.15) is 0 Å². The number of rotatable bonds is 5. The molecule has 0 aliphatic rings. The van der Waals surface area contributed by atoms with Crippen LogP contribution in [0.4, 0.5) is 0 Å². The SMILES string of the molecule is O=C(O)[C@@H](O)[C@@H](O)[C@H](O)[C@@H](O)C(=O)O.[NaH].[Zr]. The van der Waals surface area contributed by atoms with E-state index in [4.69, 9.17) is 30.6 Å². The summed E-state index contributed by atoms with van der Waals surface area (Å²) in [6.07, 6.45) is -9.28. The normalized spacial score (nSPS) is 17.0. The third-order valence-electron chi connectivity index (χ3n) is 1.50. The van der Waals surface area contributed by atoms with E-state index < -0.39 is 36.4 Å². The van der Waals surface area contributed by atoms with Crippen molar-refractivity contribution in [3.05, 3.63) is 0 Å². The maximum atomic E-state index is 10.1. The predicted molar refractivity (Wildman–Crippen MR) is 46.4 cm³/mol. The van der Waals surface area contributed by atoms with Crippen LogP contribution in [0, 0.1) is 0 Å². The van der Waals surface area contributed by atoms with Gasteiger partial charge in [0.2, 0.25) is 0 Å². The predicted octanol–water partition coefficient (Wildman–Crippen LogP) is -4.05. The fourth-order valence-electron chi connectivity index (χ4n) is 0.666. The van der Waals surface area contributed by atoms with Crippen molar-refractivity contribution < 1.29 is 66.4 Å². The molecule has 0 heterocycles. The van der Waals surface area contributed by atoms with Crippen LogP contribution in [0.15, 0.2) is 0 Å². The summed E-state index contributed by atoms with van der Waals surface area (Å²) in [5.41, 5.74) is 0. The molecule has 0 aromatic heterocycles. The van der Waals surface area contributed by atoms with Gasteiger partial charge in [-0.1, -0.05) is 0 Å². The van der Waals surface area contributed by atoms with Crippen LogP contribution in [0.5, 0.6) is 0 Å². The Balaban J connectivity index is -0.000000845. The van der Waals surface area contributed by atoms with Gasteiger partial charge in [0.1, 0.15) is 12.2 Å². The van der Waals surface area contributed by atoms with Gasteiger partial charge in [0.15, 0.2) is 12.2 Å². The van der Waals surface area contributed by atoms with Gasteiger partial charge in [-0.15, -0.1) is 0 Å². The fourth-order valence-corrected chi connectivity index (χ4v) is 0.666. The molecular formula is C6H11NaO8Zr. The number of aliphatic hydroxyl groups is 4. The molecule has 0 rings (SSSR count). The summed E-state index contributed by atoms with van der Waals surface area (Å²) in [5, 5.41) is 51.5. The summed E-state index contributed by atoms with van der Waals surface area (Å²) in [5.74, 6) is -3.68. The Bertz CT molecular complexity index is 213. The number of carbonyl (C=O) groups is 2. The molecular weight excluding hydrogens is 314 g/mol. The molecule has 0 spiro atoms. The zero-order chi connectivity index (χ0) is 11.5. The van der Waals surface area contributed by atoms with Crippen LogP contribution in [-0.2, 0) is 35.8 Å². The number of aliphatic hydroxyl groups excluding tert-OH is 4. The van der Waals surface area contributed by atoms with E-state index >= 15 is 0 Å². The summed E-state index contributed by atoms with van der Waals surface area (Å²) in [6, 6.07) is 0. The molecule has 0 aliphatic carbocycles. The topological polar surface area (TPSA) is 156 Å². The van der Waals surface area contributed by atoms with Crippen LogP contribution in [0.2, 0.25) is 0 Å². The van der Waals surface area contributed by atoms with E-state index in [0.29, 0.717) is 0 Å². The Kier molecular flexibility index (Phi) is 13.2. The average molecular weight is 325 g/mol. The van der Waals surface area contributed by atoms with Crippen LogP contribution < -0.4 is 0 Å². The third kappa shape index (κ3) is 6.41. The summed E-state index contributed by atoms with van der Waals surface area (Å²) < 4.78 is 0. The van der Waals surface area contributed by atoms with E-state index in [-0.39, 0.29) is 55.8 Å². The maximum absolute atomic E-state index is 10.1. The first kappa shape index (κ1) is 21.9. The van der Waals surface area contributed by atoms with Gasteiger partial charge in [-0.3, -0.25) is 0 Å². The molecule has 0 amide bonds. The van der Waals surface area contributed by atoms with Gasteiger partial charge in [-0.05, 0) is 0 Å². The minimum atomic E-state index is -2.36. The van der Waals surface area contributed by atoms with Gasteiger partial charge in [0, 0.05) is 26.2 Å². The minimum Gasteiger partial charge on any atom is 0 e. The number of carboxylic acid groups (broad SMARTS) is 2. The van der Waals surface area contributed by atoms with E-state index in [1.165, 1.54) is 0 Å². The average Bonchev–Trinajstić information content (AvgIpc) is 2.12. The smallest absolute Gasteiger partial charge is 0 e. The fraction of sp³-hybridized carbons (Fsp3) is 0.667. The largest absolute Gasteiger partial charge is 0 e. The monoisotopic (exact) mass is 324 g/mol. The second kappa shape index (κ2) is 9.67. The Hall–Kier alpha value is 0.663. The minimum absolute atomic E-state index is 0. The van der Waals surface area contributed by atoms with Gasteiger partial charge >= 0.3 is 41.5 Å². The Morgan fingerprint density at radius 3 is 1.06 bits per heavy atom. The van der Waals surface area contributed by atoms with Crippen LogP contribution in [0.25, 0.3) is 0 Å². The number of aliphatic carboxylic acids is 2. The van der Waals surface area contributed by atoms with Crippen molar-refractivity contribution in [3.8, 4) is 0 Å². The second-order valence-corrected chi connectivity index (χ2v) is 2.55. The van der Waals surface area contributed by atoms with E-state index in [2.05, 4.69) is 0 Å². The Morgan fingerprint density at radius 2 is 0.938 bits per heavy atom. The van der Waals surface area contributed by atoms with Crippen molar-refractivity contribution in [2.45, 2.75) is 24.4 Å². The molecule has 6 N–H and O–H groups in total. The first-order valence-corrected chi connectivity index (χ1v) is 3.47. The van der Waals surface area contributed by atoms with E-state index in [0.717, 1.165) is 0 Å². The molecule has 8 nitrogen and oxygen atoms in total. The van der Waals surface area contributed by atoms with Crippen molar-refractivity contribution in [3.63, 3.8) is 0 Å². The number of hydrogen-bond donors (Lipinski definition) is 6. The standard InChI is InChI=1S/C6H10O8.Na.Zr.H/c7-1(3(9)5(11)12)2(8)4(10)6(13)14;;;/h1-4,7-10H,(H,11,12)(H,13,14);;;/t1-,2-,3-,4+;;;/m0.../s1. The van der Waals surface area contributed by atoms with Crippen LogP contribution in [0.1, 0.15) is 0 Å². The summed E-state index contributed by atoms with van der Waals surface area (Å²) in [4.78, 5) is 20.2. The van der Waals surface area contributed by atoms with Gasteiger partial charge < -0.3 is 30.6 Å². The third-order valence-corrected chi connectivity index (χ3v) is 1.50. The Labute approximate surface area is 131 Å². The molecule has 0 radical (unpaired) electrons. The van der Waals surface area contributed by atoms with Gasteiger partial charge in [-0.25, -0.2) is 9.59 Å². The van der Waals surface area contributed by atoms with E-state index in [9.17, 15) is 9.59 Å². The summed E-state index contributed by atoms with van der Waals surface area (Å²) in [6.45, 7) is 0. The molecule has 0 saturated heterocycles. The first-order valence-electron chi connectivity index (χ1n) is 3.47. The molecule has 0 fully saturated rings. The van der Waals surface area contributed by atoms with Gasteiger partial charge in [0.05, 0.1) is 0 Å². The molecule has 0 aliphatic heterocycles. The van der Waals surface area contributed by atoms with Crippen LogP contribution in [-0.4, -0.2) is 96.6 Å². The summed E-state index contributed by atoms with van der Waals surface area (Å²) in [7, 11) is 0. The molecule has 4 atom stereocenters. The molecule has 0 saturated carbocycles. The molecule has 88 valence electrons. The second-order valence-electron chi connectivity index (χ2n) is 2.55. The zero-order valence-electron chi connectivity index (χ0n) is 7.31. The zero-order valence-corrected chi connectivity index (χ0v) is 9.77. The number of carboxylic acids is 2. The van der Waals surface area contributed by atoms with E-state index in [1.807, 2.05) is 0 Å². The first-order chi connectivity index (χ1) is 6.29. The molecule has 0 unspecified atom stereocenters. The van der Waals surface area contributed by atoms with Crippen molar-refractivity contribution in [1.29, 1.82) is 0 Å². The molecule has 0 aromatic carbocycles. The molecule has 0 bridgehead atoms. The van der Waals surface area contributed by atoms with Gasteiger partial charge in [0.25, 0.3) is 0 Å². The van der Waals surface area contributed by atoms with E-state index in [1.54, 1.807) is 0 Å². The van der Waals surface area contributed by atoms with Crippen molar-refractivity contribution in [1.82, 2.24) is 0 Å². The maximum Gasteiger partial charge on any atom is 0 e. The van der Waals surface area contributed by atoms with Crippen LogP contribution >= 0.6 is 0 Å². The van der Waals surface area contributed by atoms with Crippen LogP contribution in [0.3, 0.4) is 0 Å². The number of hydrogen-bond acceptors (Lipinski definition) is 6. The Morgan fingerprint density at radius 1 is 0.750 bits per heavy atom. The van der Waals surface area contributed by atoms with Crippen molar-refractivity contribution >= 4 is 41.5 Å². The molecule has 16 heavy (non-hydrogen) atoms. The van der Waals surface area contributed by atoms with Crippen molar-refractivity contribution in [2.75, 3.05) is 0 Å². The summed E-state index contributed by atoms with van der Waals surface area (Å²) >= 11 is 0. The molecule has 0 aromatic rings. The molecule has 10 heteroatoms. The quantitative estimate of drug-likeness (QED) is 0.279. The van der Waals surface area contributed by atoms with Crippen molar-refractivity contribution in [2.24, 2.45) is 0 Å².